The molecule has 2 aromatic heterocycles. The molecule has 21 heavy (non-hydrogen) atoms. The Morgan fingerprint density at radius 2 is 2.29 bits per heavy atom. The van der Waals surface area contributed by atoms with Gasteiger partial charge < -0.3 is 10.2 Å². The van der Waals surface area contributed by atoms with Gasteiger partial charge in [-0.1, -0.05) is 6.07 Å². The van der Waals surface area contributed by atoms with Crippen LogP contribution in [0.3, 0.4) is 0 Å². The van der Waals surface area contributed by atoms with Gasteiger partial charge >= 0.3 is 0 Å². The predicted octanol–water partition coefficient (Wildman–Crippen LogP) is 1.60. The van der Waals surface area contributed by atoms with Crippen LogP contribution in [-0.2, 0) is 4.79 Å². The number of aromatic nitrogens is 1. The van der Waals surface area contributed by atoms with E-state index in [1.165, 1.54) is 28.5 Å². The molecule has 5 nitrogen and oxygen atoms in total. The number of carbonyl (C=O) groups is 2. The lowest BCUT2D eigenvalue weighted by Crippen LogP contribution is -2.51. The highest BCUT2D eigenvalue weighted by Gasteiger charge is 2.35. The molecule has 0 aromatic carbocycles. The van der Waals surface area contributed by atoms with Crippen molar-refractivity contribution in [2.45, 2.75) is 6.04 Å². The summed E-state index contributed by atoms with van der Waals surface area (Å²) in [6.07, 6.45) is 1.19. The number of hydrogen-bond acceptors (Lipinski definition) is 4. The third-order valence-electron chi connectivity index (χ3n) is 3.26. The van der Waals surface area contributed by atoms with Gasteiger partial charge in [-0.2, -0.15) is 4.39 Å². The summed E-state index contributed by atoms with van der Waals surface area (Å²) in [5, 5.41) is 4.62. The average molecular weight is 305 g/mol. The van der Waals surface area contributed by atoms with Gasteiger partial charge in [-0.15, -0.1) is 11.3 Å². The molecule has 108 valence electrons. The number of halogens is 1. The van der Waals surface area contributed by atoms with E-state index in [9.17, 15) is 14.0 Å². The second-order valence-corrected chi connectivity index (χ2v) is 5.56. The Labute approximate surface area is 124 Å². The monoisotopic (exact) mass is 305 g/mol. The Kier molecular flexibility index (Phi) is 3.66. The Morgan fingerprint density at radius 1 is 1.43 bits per heavy atom. The van der Waals surface area contributed by atoms with Crippen molar-refractivity contribution in [3.05, 3.63) is 52.2 Å². The van der Waals surface area contributed by atoms with Crippen LogP contribution in [0.25, 0.3) is 0 Å². The van der Waals surface area contributed by atoms with Gasteiger partial charge in [0.25, 0.3) is 5.91 Å². The van der Waals surface area contributed by atoms with Gasteiger partial charge in [0.15, 0.2) is 0 Å². The molecular weight excluding hydrogens is 293 g/mol. The molecule has 3 heterocycles. The van der Waals surface area contributed by atoms with Crippen LogP contribution >= 0.6 is 11.3 Å². The van der Waals surface area contributed by atoms with E-state index in [-0.39, 0.29) is 17.4 Å². The number of nitrogens with zero attached hydrogens (tertiary/aromatic N) is 2. The summed E-state index contributed by atoms with van der Waals surface area (Å²) in [5.74, 6) is -1.17. The molecule has 7 heteroatoms. The molecule has 0 saturated carbocycles. The minimum Gasteiger partial charge on any atom is -0.352 e. The van der Waals surface area contributed by atoms with Gasteiger partial charge in [0.2, 0.25) is 11.9 Å². The lowest BCUT2D eigenvalue weighted by molar-refractivity contribution is -0.127. The number of piperazine rings is 1. The molecule has 2 aromatic rings. The van der Waals surface area contributed by atoms with E-state index in [1.54, 1.807) is 0 Å². The third-order valence-corrected chi connectivity index (χ3v) is 4.18. The Bertz CT molecular complexity index is 657. The minimum atomic E-state index is -0.642. The van der Waals surface area contributed by atoms with Crippen molar-refractivity contribution in [2.75, 3.05) is 13.1 Å². The molecule has 1 aliphatic heterocycles. The van der Waals surface area contributed by atoms with Crippen molar-refractivity contribution in [3.63, 3.8) is 0 Å². The number of thiophene rings is 1. The third kappa shape index (κ3) is 2.64. The highest BCUT2D eigenvalue weighted by atomic mass is 32.1. The smallest absolute Gasteiger partial charge is 0.256 e. The average Bonchev–Trinajstić information content (AvgIpc) is 3.01. The molecule has 1 aliphatic rings. The largest absolute Gasteiger partial charge is 0.352 e. The molecule has 0 spiro atoms. The van der Waals surface area contributed by atoms with E-state index in [1.807, 2.05) is 17.5 Å². The molecule has 1 N–H and O–H groups in total. The number of carbonyl (C=O) groups excluding carboxylic acids is 2. The van der Waals surface area contributed by atoms with Crippen molar-refractivity contribution in [2.24, 2.45) is 0 Å². The van der Waals surface area contributed by atoms with Crippen LogP contribution in [0.2, 0.25) is 0 Å². The minimum absolute atomic E-state index is 0.202. The molecule has 1 unspecified atom stereocenters. The second-order valence-electron chi connectivity index (χ2n) is 4.58. The quantitative estimate of drug-likeness (QED) is 0.857. The van der Waals surface area contributed by atoms with E-state index in [2.05, 4.69) is 10.3 Å². The zero-order valence-corrected chi connectivity index (χ0v) is 11.8. The summed E-state index contributed by atoms with van der Waals surface area (Å²) in [7, 11) is 0. The highest BCUT2D eigenvalue weighted by molar-refractivity contribution is 7.10. The first-order chi connectivity index (χ1) is 10.2. The van der Waals surface area contributed by atoms with Gasteiger partial charge in [0, 0.05) is 24.2 Å². The lowest BCUT2D eigenvalue weighted by Gasteiger charge is -2.34. The van der Waals surface area contributed by atoms with Gasteiger partial charge in [-0.3, -0.25) is 9.59 Å². The fraction of sp³-hybridized carbons (Fsp3) is 0.214. The summed E-state index contributed by atoms with van der Waals surface area (Å²) in [6, 6.07) is 5.53. The topological polar surface area (TPSA) is 62.3 Å². The zero-order valence-electron chi connectivity index (χ0n) is 11.0. The van der Waals surface area contributed by atoms with Crippen LogP contribution in [0.1, 0.15) is 21.3 Å². The van der Waals surface area contributed by atoms with E-state index in [4.69, 9.17) is 0 Å². The van der Waals surface area contributed by atoms with Crippen LogP contribution in [0.5, 0.6) is 0 Å². The maximum absolute atomic E-state index is 12.9. The van der Waals surface area contributed by atoms with Crippen molar-refractivity contribution in [1.29, 1.82) is 0 Å². The molecule has 3 rings (SSSR count). The lowest BCUT2D eigenvalue weighted by atomic mass is 10.1. The van der Waals surface area contributed by atoms with E-state index >= 15 is 0 Å². The number of hydrogen-bond donors (Lipinski definition) is 1. The SMILES string of the molecule is O=C1NCCN(C(=O)c2ccc(F)nc2)C1c1cccs1. The van der Waals surface area contributed by atoms with Crippen LogP contribution in [-0.4, -0.2) is 34.8 Å². The Balaban J connectivity index is 1.92. The molecular formula is C14H12FN3O2S. The standard InChI is InChI=1S/C14H12FN3O2S/c15-11-4-3-9(8-17-11)14(20)18-6-5-16-13(19)12(18)10-2-1-7-21-10/h1-4,7-8,12H,5-6H2,(H,16,19). The molecule has 0 radical (unpaired) electrons. The van der Waals surface area contributed by atoms with Crippen molar-refractivity contribution < 1.29 is 14.0 Å². The molecule has 0 bridgehead atoms. The van der Waals surface area contributed by atoms with Crippen LogP contribution in [0.4, 0.5) is 4.39 Å². The number of pyridine rings is 1. The fourth-order valence-electron chi connectivity index (χ4n) is 2.28. The Morgan fingerprint density at radius 3 is 2.95 bits per heavy atom. The normalized spacial score (nSPS) is 18.4. The van der Waals surface area contributed by atoms with Gasteiger partial charge in [0.05, 0.1) is 5.56 Å². The van der Waals surface area contributed by atoms with E-state index in [0.29, 0.717) is 13.1 Å². The van der Waals surface area contributed by atoms with Gasteiger partial charge in [-0.25, -0.2) is 4.98 Å². The number of nitrogens with one attached hydrogen (secondary N) is 1. The zero-order chi connectivity index (χ0) is 14.8. The Hall–Kier alpha value is -2.28. The van der Waals surface area contributed by atoms with Crippen LogP contribution in [0, 0.1) is 5.95 Å². The van der Waals surface area contributed by atoms with E-state index < -0.39 is 12.0 Å². The first-order valence-electron chi connectivity index (χ1n) is 6.40. The highest BCUT2D eigenvalue weighted by Crippen LogP contribution is 2.28. The predicted molar refractivity (Wildman–Crippen MR) is 75.3 cm³/mol. The molecule has 0 aliphatic carbocycles. The summed E-state index contributed by atoms with van der Waals surface area (Å²) in [6.45, 7) is 0.811. The number of amides is 2. The van der Waals surface area contributed by atoms with Crippen molar-refractivity contribution in [1.82, 2.24) is 15.2 Å². The van der Waals surface area contributed by atoms with Gasteiger partial charge in [-0.05, 0) is 23.6 Å². The summed E-state index contributed by atoms with van der Waals surface area (Å²) >= 11 is 1.42. The maximum atomic E-state index is 12.9. The van der Waals surface area contributed by atoms with E-state index in [0.717, 1.165) is 10.9 Å². The summed E-state index contributed by atoms with van der Waals surface area (Å²) < 4.78 is 12.9. The van der Waals surface area contributed by atoms with Crippen molar-refractivity contribution >= 4 is 23.2 Å². The molecule has 1 fully saturated rings. The number of rotatable bonds is 2. The maximum Gasteiger partial charge on any atom is 0.256 e. The first kappa shape index (κ1) is 13.7. The molecule has 1 saturated heterocycles. The second kappa shape index (κ2) is 5.61. The molecule has 2 amide bonds. The summed E-state index contributed by atoms with van der Waals surface area (Å²) in [4.78, 5) is 30.5. The summed E-state index contributed by atoms with van der Waals surface area (Å²) in [5.41, 5.74) is 0.271. The van der Waals surface area contributed by atoms with Crippen LogP contribution < -0.4 is 5.32 Å². The van der Waals surface area contributed by atoms with Crippen molar-refractivity contribution in [3.8, 4) is 0 Å². The van der Waals surface area contributed by atoms with Crippen LogP contribution in [0.15, 0.2) is 35.8 Å². The fourth-order valence-corrected chi connectivity index (χ4v) is 3.12. The molecule has 1 atom stereocenters. The van der Waals surface area contributed by atoms with Gasteiger partial charge in [0.1, 0.15) is 6.04 Å². The first-order valence-corrected chi connectivity index (χ1v) is 7.28.